The maximum Gasteiger partial charge on any atom is 0.280 e. The number of carbonyl (C=O) groups is 1. The molecule has 1 amide bonds. The van der Waals surface area contributed by atoms with Crippen molar-refractivity contribution in [3.63, 3.8) is 0 Å². The van der Waals surface area contributed by atoms with E-state index >= 15 is 0 Å². The molecule has 0 fully saturated rings. The lowest BCUT2D eigenvalue weighted by Gasteiger charge is -2.12. The molecular weight excluding hydrogens is 314 g/mol. The summed E-state index contributed by atoms with van der Waals surface area (Å²) in [5, 5.41) is 5.22. The fourth-order valence-electron chi connectivity index (χ4n) is 2.72. The molecule has 1 heterocycles. The maximum absolute atomic E-state index is 12.1. The van der Waals surface area contributed by atoms with Gasteiger partial charge in [0.2, 0.25) is 0 Å². The van der Waals surface area contributed by atoms with Crippen molar-refractivity contribution in [1.82, 2.24) is 9.99 Å². The molecule has 2 aromatic carbocycles. The Morgan fingerprint density at radius 2 is 1.84 bits per heavy atom. The van der Waals surface area contributed by atoms with E-state index in [4.69, 9.17) is 4.74 Å². The SMILES string of the molecule is Cc1c(C=NNC(=O)[C@H](C)Oc2ccccc2)c2ccccc2n1C. The zero-order valence-corrected chi connectivity index (χ0v) is 14.6. The molecule has 1 aromatic heterocycles. The number of rotatable bonds is 5. The van der Waals surface area contributed by atoms with Gasteiger partial charge in [0.1, 0.15) is 5.75 Å². The zero-order chi connectivity index (χ0) is 17.8. The van der Waals surface area contributed by atoms with Crippen LogP contribution >= 0.6 is 0 Å². The molecule has 0 unspecified atom stereocenters. The molecule has 3 aromatic rings. The van der Waals surface area contributed by atoms with Crippen molar-refractivity contribution in [3.8, 4) is 5.75 Å². The first kappa shape index (κ1) is 16.8. The van der Waals surface area contributed by atoms with Gasteiger partial charge in [0.05, 0.1) is 6.21 Å². The Kier molecular flexibility index (Phi) is 4.84. The second-order valence-corrected chi connectivity index (χ2v) is 5.88. The van der Waals surface area contributed by atoms with Crippen molar-refractivity contribution in [2.45, 2.75) is 20.0 Å². The quantitative estimate of drug-likeness (QED) is 0.574. The lowest BCUT2D eigenvalue weighted by molar-refractivity contribution is -0.127. The fourth-order valence-corrected chi connectivity index (χ4v) is 2.72. The molecule has 0 bridgehead atoms. The van der Waals surface area contributed by atoms with Gasteiger partial charge < -0.3 is 9.30 Å². The Morgan fingerprint density at radius 3 is 2.60 bits per heavy atom. The minimum atomic E-state index is -0.631. The summed E-state index contributed by atoms with van der Waals surface area (Å²) in [5.41, 5.74) is 5.77. The highest BCUT2D eigenvalue weighted by Crippen LogP contribution is 2.22. The average Bonchev–Trinajstić information content (AvgIpc) is 2.87. The number of benzene rings is 2. The van der Waals surface area contributed by atoms with Crippen molar-refractivity contribution >= 4 is 23.0 Å². The van der Waals surface area contributed by atoms with Crippen LogP contribution in [0.1, 0.15) is 18.2 Å². The molecule has 0 saturated heterocycles. The lowest BCUT2D eigenvalue weighted by atomic mass is 10.1. The van der Waals surface area contributed by atoms with E-state index in [-0.39, 0.29) is 5.91 Å². The van der Waals surface area contributed by atoms with Crippen molar-refractivity contribution in [2.75, 3.05) is 0 Å². The van der Waals surface area contributed by atoms with E-state index < -0.39 is 6.10 Å². The Labute approximate surface area is 146 Å². The predicted octanol–water partition coefficient (Wildman–Crippen LogP) is 3.40. The first-order valence-corrected chi connectivity index (χ1v) is 8.16. The first-order valence-electron chi connectivity index (χ1n) is 8.16. The summed E-state index contributed by atoms with van der Waals surface area (Å²) < 4.78 is 7.70. The van der Waals surface area contributed by atoms with E-state index in [0.29, 0.717) is 5.75 Å². The van der Waals surface area contributed by atoms with Gasteiger partial charge in [-0.25, -0.2) is 5.43 Å². The molecule has 0 aliphatic rings. The van der Waals surface area contributed by atoms with Gasteiger partial charge in [0.25, 0.3) is 5.91 Å². The van der Waals surface area contributed by atoms with Crippen LogP contribution in [0, 0.1) is 6.92 Å². The summed E-state index contributed by atoms with van der Waals surface area (Å²) >= 11 is 0. The summed E-state index contributed by atoms with van der Waals surface area (Å²) in [7, 11) is 2.02. The standard InChI is InChI=1S/C20H21N3O2/c1-14-18(17-11-7-8-12-19(17)23(14)3)13-21-22-20(24)15(2)25-16-9-5-4-6-10-16/h4-13,15H,1-3H3,(H,22,24)/t15-/m0/s1. The van der Waals surface area contributed by atoms with Crippen LogP contribution in [0.15, 0.2) is 59.7 Å². The number of amides is 1. The Balaban J connectivity index is 1.69. The molecule has 5 heteroatoms. The number of ether oxygens (including phenoxy) is 1. The van der Waals surface area contributed by atoms with Gasteiger partial charge in [-0.3, -0.25) is 4.79 Å². The van der Waals surface area contributed by atoms with Gasteiger partial charge in [-0.05, 0) is 32.0 Å². The minimum absolute atomic E-state index is 0.294. The van der Waals surface area contributed by atoms with E-state index in [2.05, 4.69) is 21.2 Å². The van der Waals surface area contributed by atoms with Gasteiger partial charge >= 0.3 is 0 Å². The van der Waals surface area contributed by atoms with Crippen LogP contribution < -0.4 is 10.2 Å². The van der Waals surface area contributed by atoms with Crippen molar-refractivity contribution in [2.24, 2.45) is 12.1 Å². The Hall–Kier alpha value is -3.08. The van der Waals surface area contributed by atoms with Crippen molar-refractivity contribution < 1.29 is 9.53 Å². The summed E-state index contributed by atoms with van der Waals surface area (Å²) in [5.74, 6) is 0.358. The molecule has 128 valence electrons. The Bertz CT molecular complexity index is 913. The van der Waals surface area contributed by atoms with Crippen LogP contribution in [0.5, 0.6) is 5.75 Å². The number of hydrogen-bond acceptors (Lipinski definition) is 3. The van der Waals surface area contributed by atoms with Crippen LogP contribution in [0.2, 0.25) is 0 Å². The first-order chi connectivity index (χ1) is 12.1. The molecule has 0 saturated carbocycles. The van der Waals surface area contributed by atoms with Crippen molar-refractivity contribution in [1.29, 1.82) is 0 Å². The molecule has 0 aliphatic carbocycles. The molecule has 5 nitrogen and oxygen atoms in total. The van der Waals surface area contributed by atoms with E-state index in [1.54, 1.807) is 13.1 Å². The minimum Gasteiger partial charge on any atom is -0.481 e. The molecule has 3 rings (SSSR count). The van der Waals surface area contributed by atoms with Crippen molar-refractivity contribution in [3.05, 3.63) is 65.9 Å². The summed E-state index contributed by atoms with van der Waals surface area (Å²) in [6.07, 6.45) is 1.05. The van der Waals surface area contributed by atoms with Gasteiger partial charge in [-0.2, -0.15) is 5.10 Å². The smallest absolute Gasteiger partial charge is 0.280 e. The number of aromatic nitrogens is 1. The third-order valence-corrected chi connectivity index (χ3v) is 4.24. The summed E-state index contributed by atoms with van der Waals surface area (Å²) in [4.78, 5) is 12.1. The molecule has 1 atom stereocenters. The van der Waals surface area contributed by atoms with Crippen LogP contribution in [0.25, 0.3) is 10.9 Å². The number of hydrogen-bond donors (Lipinski definition) is 1. The third kappa shape index (κ3) is 3.55. The van der Waals surface area contributed by atoms with Gasteiger partial charge in [0.15, 0.2) is 6.10 Å². The second-order valence-electron chi connectivity index (χ2n) is 5.88. The fraction of sp³-hybridized carbons (Fsp3) is 0.200. The van der Waals surface area contributed by atoms with Crippen LogP contribution in [0.4, 0.5) is 0 Å². The largest absolute Gasteiger partial charge is 0.481 e. The van der Waals surface area contributed by atoms with Gasteiger partial charge in [-0.1, -0.05) is 36.4 Å². The number of aryl methyl sites for hydroxylation is 1. The molecule has 0 aliphatic heterocycles. The van der Waals surface area contributed by atoms with Crippen LogP contribution in [-0.2, 0) is 11.8 Å². The van der Waals surface area contributed by atoms with Crippen LogP contribution in [-0.4, -0.2) is 22.8 Å². The highest BCUT2D eigenvalue weighted by molar-refractivity contribution is 6.01. The second kappa shape index (κ2) is 7.21. The number of fused-ring (bicyclic) bond motifs is 1. The normalized spacial score (nSPS) is 12.4. The lowest BCUT2D eigenvalue weighted by Crippen LogP contribution is -2.33. The molecule has 0 radical (unpaired) electrons. The van der Waals surface area contributed by atoms with E-state index in [9.17, 15) is 4.79 Å². The Morgan fingerprint density at radius 1 is 1.16 bits per heavy atom. The average molecular weight is 335 g/mol. The van der Waals surface area contributed by atoms with E-state index in [1.807, 2.05) is 62.5 Å². The highest BCUT2D eigenvalue weighted by atomic mass is 16.5. The molecule has 1 N–H and O–H groups in total. The van der Waals surface area contributed by atoms with E-state index in [1.165, 1.54) is 0 Å². The van der Waals surface area contributed by atoms with Gasteiger partial charge in [-0.15, -0.1) is 0 Å². The van der Waals surface area contributed by atoms with Gasteiger partial charge in [0, 0.05) is 29.2 Å². The molecule has 25 heavy (non-hydrogen) atoms. The number of nitrogens with one attached hydrogen (secondary N) is 1. The van der Waals surface area contributed by atoms with Crippen LogP contribution in [0.3, 0.4) is 0 Å². The number of carbonyl (C=O) groups excluding carboxylic acids is 1. The molecule has 0 spiro atoms. The predicted molar refractivity (Wildman–Crippen MR) is 99.9 cm³/mol. The van der Waals surface area contributed by atoms with E-state index in [0.717, 1.165) is 22.2 Å². The topological polar surface area (TPSA) is 55.6 Å². The molecular formula is C20H21N3O2. The monoisotopic (exact) mass is 335 g/mol. The summed E-state index contributed by atoms with van der Waals surface area (Å²) in [6, 6.07) is 17.4. The zero-order valence-electron chi connectivity index (χ0n) is 14.6. The number of para-hydroxylation sites is 2. The summed E-state index contributed by atoms with van der Waals surface area (Å²) in [6.45, 7) is 3.73. The number of nitrogens with zero attached hydrogens (tertiary/aromatic N) is 2. The highest BCUT2D eigenvalue weighted by Gasteiger charge is 2.14. The third-order valence-electron chi connectivity index (χ3n) is 4.24. The number of hydrazone groups is 1. The maximum atomic E-state index is 12.1.